The molecule has 3 aliphatic rings. The molecule has 1 aliphatic carbocycles. The molecule has 2 aliphatic heterocycles. The number of aliphatic carboxylic acids is 1. The van der Waals surface area contributed by atoms with E-state index in [-0.39, 0.29) is 18.1 Å². The lowest BCUT2D eigenvalue weighted by molar-refractivity contribution is -0.192. The molecule has 0 aromatic carbocycles. The van der Waals surface area contributed by atoms with Gasteiger partial charge in [0.2, 0.25) is 5.91 Å². The summed E-state index contributed by atoms with van der Waals surface area (Å²) in [5.74, 6) is -1.93. The molecular formula is C18H23F3N2O4S. The van der Waals surface area contributed by atoms with E-state index in [2.05, 4.69) is 27.0 Å². The molecule has 156 valence electrons. The van der Waals surface area contributed by atoms with Gasteiger partial charge < -0.3 is 15.2 Å². The Morgan fingerprint density at radius 3 is 2.61 bits per heavy atom. The molecule has 1 saturated carbocycles. The highest BCUT2D eigenvalue weighted by Gasteiger charge is 2.45. The van der Waals surface area contributed by atoms with Gasteiger partial charge >= 0.3 is 12.1 Å². The number of ether oxygens (including phenoxy) is 1. The third-order valence-electron chi connectivity index (χ3n) is 5.16. The van der Waals surface area contributed by atoms with Gasteiger partial charge in [-0.15, -0.1) is 0 Å². The van der Waals surface area contributed by atoms with E-state index < -0.39 is 12.1 Å². The standard InChI is InChI=1S/C16H22N2O2S.C2HF3O2/c19-16(17-8-11-1-2-11)15-7-13-14(20-15)3-5-18(13)9-12-4-6-21-10-12;3-2(4,5)1(6)7/h4,6,10-11,13-15H,1-3,5,7-9H2,(H,17,19);(H,6,7)/t13-,14-,15+;/m0./s1. The number of rotatable bonds is 5. The molecule has 2 N–H and O–H groups in total. The van der Waals surface area contributed by atoms with E-state index in [4.69, 9.17) is 14.6 Å². The van der Waals surface area contributed by atoms with Crippen molar-refractivity contribution in [1.82, 2.24) is 10.2 Å². The lowest BCUT2D eigenvalue weighted by atomic mass is 10.1. The van der Waals surface area contributed by atoms with Crippen LogP contribution in [0.4, 0.5) is 13.2 Å². The summed E-state index contributed by atoms with van der Waals surface area (Å²) in [5.41, 5.74) is 1.38. The number of nitrogens with one attached hydrogen (secondary N) is 1. The van der Waals surface area contributed by atoms with Crippen molar-refractivity contribution in [3.05, 3.63) is 22.4 Å². The van der Waals surface area contributed by atoms with Crippen molar-refractivity contribution in [2.45, 2.75) is 56.7 Å². The summed E-state index contributed by atoms with van der Waals surface area (Å²) >= 11 is 1.75. The molecule has 3 atom stereocenters. The Morgan fingerprint density at radius 1 is 1.32 bits per heavy atom. The van der Waals surface area contributed by atoms with E-state index in [0.29, 0.717) is 6.04 Å². The number of amides is 1. The normalized spacial score (nSPS) is 27.0. The van der Waals surface area contributed by atoms with Gasteiger partial charge in [-0.3, -0.25) is 9.69 Å². The van der Waals surface area contributed by atoms with Gasteiger partial charge in [-0.2, -0.15) is 24.5 Å². The molecule has 1 amide bonds. The molecule has 0 bridgehead atoms. The minimum Gasteiger partial charge on any atom is -0.475 e. The number of hydrogen-bond acceptors (Lipinski definition) is 5. The van der Waals surface area contributed by atoms with Gasteiger partial charge in [-0.1, -0.05) is 0 Å². The van der Waals surface area contributed by atoms with Crippen LogP contribution in [0.3, 0.4) is 0 Å². The first kappa shape index (κ1) is 21.1. The summed E-state index contributed by atoms with van der Waals surface area (Å²) in [6, 6.07) is 2.61. The van der Waals surface area contributed by atoms with Crippen LogP contribution in [-0.4, -0.2) is 59.4 Å². The van der Waals surface area contributed by atoms with E-state index in [1.54, 1.807) is 11.3 Å². The highest BCUT2D eigenvalue weighted by molar-refractivity contribution is 7.07. The Balaban J connectivity index is 0.000000279. The molecule has 6 nitrogen and oxygen atoms in total. The number of carbonyl (C=O) groups excluding carboxylic acids is 1. The predicted molar refractivity (Wildman–Crippen MR) is 95.8 cm³/mol. The quantitative estimate of drug-likeness (QED) is 0.766. The summed E-state index contributed by atoms with van der Waals surface area (Å²) in [4.78, 5) is 23.6. The van der Waals surface area contributed by atoms with E-state index in [9.17, 15) is 18.0 Å². The third-order valence-corrected chi connectivity index (χ3v) is 5.89. The molecule has 0 unspecified atom stereocenters. The van der Waals surface area contributed by atoms with E-state index in [1.807, 2.05) is 0 Å². The fourth-order valence-corrected chi connectivity index (χ4v) is 4.15. The maximum Gasteiger partial charge on any atom is 0.490 e. The summed E-state index contributed by atoms with van der Waals surface area (Å²) in [7, 11) is 0. The SMILES string of the molecule is O=C(NCC1CC1)[C@H]1C[C@H]2[C@H](CCN2Cc2ccsc2)O1.O=C(O)C(F)(F)F. The van der Waals surface area contributed by atoms with Gasteiger partial charge in [0.1, 0.15) is 6.10 Å². The van der Waals surface area contributed by atoms with Crippen LogP contribution in [-0.2, 0) is 20.9 Å². The van der Waals surface area contributed by atoms with Gasteiger partial charge in [0.25, 0.3) is 0 Å². The lowest BCUT2D eigenvalue weighted by Gasteiger charge is -2.22. The van der Waals surface area contributed by atoms with Gasteiger partial charge in [0, 0.05) is 32.1 Å². The fraction of sp³-hybridized carbons (Fsp3) is 0.667. The molecule has 0 spiro atoms. The van der Waals surface area contributed by atoms with Gasteiger partial charge in [0.15, 0.2) is 0 Å². The first-order chi connectivity index (χ1) is 13.2. The smallest absolute Gasteiger partial charge is 0.475 e. The number of halogens is 3. The van der Waals surface area contributed by atoms with Crippen LogP contribution in [0, 0.1) is 5.92 Å². The van der Waals surface area contributed by atoms with Crippen LogP contribution in [0.1, 0.15) is 31.2 Å². The largest absolute Gasteiger partial charge is 0.490 e. The molecule has 28 heavy (non-hydrogen) atoms. The zero-order chi connectivity index (χ0) is 20.3. The van der Waals surface area contributed by atoms with Crippen molar-refractivity contribution in [3.63, 3.8) is 0 Å². The predicted octanol–water partition coefficient (Wildman–Crippen LogP) is 2.64. The number of carbonyl (C=O) groups is 2. The number of alkyl halides is 3. The zero-order valence-corrected chi connectivity index (χ0v) is 16.0. The van der Waals surface area contributed by atoms with Crippen molar-refractivity contribution in [1.29, 1.82) is 0 Å². The van der Waals surface area contributed by atoms with E-state index in [0.717, 1.165) is 38.4 Å². The van der Waals surface area contributed by atoms with Gasteiger partial charge in [-0.25, -0.2) is 4.79 Å². The molecule has 0 radical (unpaired) electrons. The third kappa shape index (κ3) is 5.68. The summed E-state index contributed by atoms with van der Waals surface area (Å²) in [6.07, 6.45) is -0.618. The minimum atomic E-state index is -5.08. The lowest BCUT2D eigenvalue weighted by Crippen LogP contribution is -2.37. The maximum atomic E-state index is 12.2. The van der Waals surface area contributed by atoms with Crippen molar-refractivity contribution in [3.8, 4) is 0 Å². The van der Waals surface area contributed by atoms with Crippen LogP contribution in [0.15, 0.2) is 16.8 Å². The fourth-order valence-electron chi connectivity index (χ4n) is 3.49. The van der Waals surface area contributed by atoms with Crippen LogP contribution < -0.4 is 5.32 Å². The Morgan fingerprint density at radius 2 is 2.04 bits per heavy atom. The van der Waals surface area contributed by atoms with Crippen molar-refractivity contribution in [2.75, 3.05) is 13.1 Å². The van der Waals surface area contributed by atoms with Crippen molar-refractivity contribution in [2.24, 2.45) is 5.92 Å². The topological polar surface area (TPSA) is 78.9 Å². The molecule has 4 rings (SSSR count). The number of likely N-dealkylation sites (tertiary alicyclic amines) is 1. The first-order valence-electron chi connectivity index (χ1n) is 9.22. The summed E-state index contributed by atoms with van der Waals surface area (Å²) in [6.45, 7) is 2.92. The van der Waals surface area contributed by atoms with Crippen LogP contribution in [0.5, 0.6) is 0 Å². The van der Waals surface area contributed by atoms with Crippen LogP contribution in [0.2, 0.25) is 0 Å². The average molecular weight is 420 g/mol. The number of hydrogen-bond donors (Lipinski definition) is 2. The molecule has 1 aromatic rings. The van der Waals surface area contributed by atoms with E-state index >= 15 is 0 Å². The molecule has 3 fully saturated rings. The highest BCUT2D eigenvalue weighted by Crippen LogP contribution is 2.34. The summed E-state index contributed by atoms with van der Waals surface area (Å²) < 4.78 is 37.7. The molecule has 1 aromatic heterocycles. The number of nitrogens with zero attached hydrogens (tertiary/aromatic N) is 1. The second kappa shape index (κ2) is 8.79. The maximum absolute atomic E-state index is 12.2. The van der Waals surface area contributed by atoms with Crippen LogP contribution in [0.25, 0.3) is 0 Å². The summed E-state index contributed by atoms with van der Waals surface area (Å²) in [5, 5.41) is 14.5. The number of fused-ring (bicyclic) bond motifs is 1. The number of carboxylic acid groups (broad SMARTS) is 1. The second-order valence-corrected chi connectivity index (χ2v) is 8.13. The minimum absolute atomic E-state index is 0.104. The number of carboxylic acids is 1. The number of thiophene rings is 1. The molecule has 3 heterocycles. The molecular weight excluding hydrogens is 397 g/mol. The highest BCUT2D eigenvalue weighted by atomic mass is 32.1. The zero-order valence-electron chi connectivity index (χ0n) is 15.2. The molecule has 10 heteroatoms. The Labute approximate surface area is 164 Å². The molecule has 2 saturated heterocycles. The second-order valence-electron chi connectivity index (χ2n) is 7.35. The van der Waals surface area contributed by atoms with Gasteiger partial charge in [0.05, 0.1) is 6.10 Å². The van der Waals surface area contributed by atoms with Crippen LogP contribution >= 0.6 is 11.3 Å². The van der Waals surface area contributed by atoms with Crippen molar-refractivity contribution >= 4 is 23.2 Å². The van der Waals surface area contributed by atoms with E-state index in [1.165, 1.54) is 18.4 Å². The Hall–Kier alpha value is -1.65. The van der Waals surface area contributed by atoms with Crippen molar-refractivity contribution < 1.29 is 32.6 Å². The Kier molecular flexibility index (Phi) is 6.61. The van der Waals surface area contributed by atoms with Gasteiger partial charge in [-0.05, 0) is 47.6 Å². The first-order valence-corrected chi connectivity index (χ1v) is 10.2. The average Bonchev–Trinajstić information content (AvgIpc) is 3.01. The monoisotopic (exact) mass is 420 g/mol. The Bertz CT molecular complexity index is 679.